The molecular formula is C19H20N2O2. The van der Waals surface area contributed by atoms with E-state index in [-0.39, 0.29) is 11.9 Å². The van der Waals surface area contributed by atoms with Crippen molar-refractivity contribution in [2.24, 2.45) is 0 Å². The van der Waals surface area contributed by atoms with Crippen molar-refractivity contribution in [2.45, 2.75) is 26.4 Å². The zero-order valence-electron chi connectivity index (χ0n) is 13.6. The Kier molecular flexibility index (Phi) is 5.37. The van der Waals surface area contributed by atoms with E-state index in [2.05, 4.69) is 6.07 Å². The molecule has 4 nitrogen and oxygen atoms in total. The van der Waals surface area contributed by atoms with Crippen LogP contribution in [0.2, 0.25) is 0 Å². The molecular weight excluding hydrogens is 288 g/mol. The number of amides is 1. The number of hydrogen-bond donors (Lipinski definition) is 0. The van der Waals surface area contributed by atoms with Crippen LogP contribution in [0, 0.1) is 11.3 Å². The van der Waals surface area contributed by atoms with Gasteiger partial charge in [-0.05, 0) is 55.8 Å². The monoisotopic (exact) mass is 308 g/mol. The van der Waals surface area contributed by atoms with Gasteiger partial charge in [0.25, 0.3) is 5.91 Å². The Bertz CT molecular complexity index is 698. The molecule has 4 heteroatoms. The lowest BCUT2D eigenvalue weighted by atomic mass is 10.1. The van der Waals surface area contributed by atoms with Crippen molar-refractivity contribution in [1.29, 1.82) is 5.26 Å². The standard InChI is InChI=1S/C19H20N2O2/c1-14(2)21(13-16-6-4-15(12-20)5-7-16)19(22)17-8-10-18(23-3)11-9-17/h4-11,14H,13H2,1-3H3. The van der Waals surface area contributed by atoms with Gasteiger partial charge in [0.2, 0.25) is 0 Å². The van der Waals surface area contributed by atoms with Gasteiger partial charge in [-0.3, -0.25) is 4.79 Å². The minimum Gasteiger partial charge on any atom is -0.497 e. The third kappa shape index (κ3) is 4.10. The fourth-order valence-electron chi connectivity index (χ4n) is 2.27. The summed E-state index contributed by atoms with van der Waals surface area (Å²) in [6.07, 6.45) is 0. The molecule has 0 atom stereocenters. The third-order valence-electron chi connectivity index (χ3n) is 3.66. The summed E-state index contributed by atoms with van der Waals surface area (Å²) >= 11 is 0. The highest BCUT2D eigenvalue weighted by atomic mass is 16.5. The maximum atomic E-state index is 12.7. The molecule has 2 aromatic rings. The quantitative estimate of drug-likeness (QED) is 0.847. The van der Waals surface area contributed by atoms with Crippen LogP contribution in [0.1, 0.15) is 35.3 Å². The first-order chi connectivity index (χ1) is 11.0. The first kappa shape index (κ1) is 16.6. The van der Waals surface area contributed by atoms with E-state index in [0.29, 0.717) is 17.7 Å². The van der Waals surface area contributed by atoms with Crippen LogP contribution in [0.25, 0.3) is 0 Å². The average molecular weight is 308 g/mol. The highest BCUT2D eigenvalue weighted by Gasteiger charge is 2.19. The molecule has 0 N–H and O–H groups in total. The Morgan fingerprint density at radius 1 is 1.13 bits per heavy atom. The molecule has 2 aromatic carbocycles. The summed E-state index contributed by atoms with van der Waals surface area (Å²) < 4.78 is 5.12. The van der Waals surface area contributed by atoms with Crippen molar-refractivity contribution in [3.63, 3.8) is 0 Å². The Morgan fingerprint density at radius 3 is 2.22 bits per heavy atom. The number of carbonyl (C=O) groups excluding carboxylic acids is 1. The number of nitriles is 1. The normalized spacial score (nSPS) is 10.2. The van der Waals surface area contributed by atoms with Crippen LogP contribution in [0.15, 0.2) is 48.5 Å². The van der Waals surface area contributed by atoms with E-state index < -0.39 is 0 Å². The van der Waals surface area contributed by atoms with Gasteiger partial charge in [0.1, 0.15) is 5.75 Å². The maximum Gasteiger partial charge on any atom is 0.254 e. The van der Waals surface area contributed by atoms with Gasteiger partial charge in [0, 0.05) is 18.2 Å². The molecule has 118 valence electrons. The summed E-state index contributed by atoms with van der Waals surface area (Å²) in [6.45, 7) is 4.49. The number of hydrogen-bond acceptors (Lipinski definition) is 3. The molecule has 0 saturated heterocycles. The second kappa shape index (κ2) is 7.46. The SMILES string of the molecule is COc1ccc(C(=O)N(Cc2ccc(C#N)cc2)C(C)C)cc1. The first-order valence-electron chi connectivity index (χ1n) is 7.49. The van der Waals surface area contributed by atoms with Gasteiger partial charge in [-0.15, -0.1) is 0 Å². The van der Waals surface area contributed by atoms with E-state index in [0.717, 1.165) is 11.3 Å². The van der Waals surface area contributed by atoms with Crippen molar-refractivity contribution in [3.05, 3.63) is 65.2 Å². The summed E-state index contributed by atoms with van der Waals surface area (Å²) in [7, 11) is 1.60. The van der Waals surface area contributed by atoms with Crippen molar-refractivity contribution >= 4 is 5.91 Å². The average Bonchev–Trinajstić information content (AvgIpc) is 2.59. The predicted octanol–water partition coefficient (Wildman–Crippen LogP) is 3.62. The van der Waals surface area contributed by atoms with E-state index in [9.17, 15) is 4.79 Å². The van der Waals surface area contributed by atoms with Gasteiger partial charge in [-0.25, -0.2) is 0 Å². The topological polar surface area (TPSA) is 53.3 Å². The number of carbonyl (C=O) groups is 1. The van der Waals surface area contributed by atoms with Crippen LogP contribution < -0.4 is 4.74 Å². The maximum absolute atomic E-state index is 12.7. The van der Waals surface area contributed by atoms with Crippen LogP contribution >= 0.6 is 0 Å². The molecule has 0 aliphatic carbocycles. The second-order valence-electron chi connectivity index (χ2n) is 5.56. The van der Waals surface area contributed by atoms with E-state index in [1.54, 1.807) is 43.5 Å². The Labute approximate surface area is 136 Å². The van der Waals surface area contributed by atoms with Gasteiger partial charge in [-0.2, -0.15) is 5.26 Å². The lowest BCUT2D eigenvalue weighted by Gasteiger charge is -2.27. The van der Waals surface area contributed by atoms with E-state index >= 15 is 0 Å². The number of rotatable bonds is 5. The number of benzene rings is 2. The van der Waals surface area contributed by atoms with Crippen LogP contribution in [-0.4, -0.2) is 24.0 Å². The van der Waals surface area contributed by atoms with Crippen molar-refractivity contribution in [2.75, 3.05) is 7.11 Å². The van der Waals surface area contributed by atoms with Crippen LogP contribution in [0.5, 0.6) is 5.75 Å². The molecule has 0 aliphatic rings. The molecule has 0 spiro atoms. The highest BCUT2D eigenvalue weighted by Crippen LogP contribution is 2.17. The summed E-state index contributed by atoms with van der Waals surface area (Å²) in [6, 6.07) is 16.6. The fraction of sp³-hybridized carbons (Fsp3) is 0.263. The fourth-order valence-corrected chi connectivity index (χ4v) is 2.27. The molecule has 2 rings (SSSR count). The van der Waals surface area contributed by atoms with Crippen LogP contribution in [0.3, 0.4) is 0 Å². The zero-order valence-corrected chi connectivity index (χ0v) is 13.6. The molecule has 0 heterocycles. The molecule has 0 bridgehead atoms. The van der Waals surface area contributed by atoms with Gasteiger partial charge in [0.05, 0.1) is 18.7 Å². The largest absolute Gasteiger partial charge is 0.497 e. The summed E-state index contributed by atoms with van der Waals surface area (Å²) in [5, 5.41) is 8.85. The lowest BCUT2D eigenvalue weighted by molar-refractivity contribution is 0.0690. The van der Waals surface area contributed by atoms with E-state index in [1.165, 1.54) is 0 Å². The molecule has 0 radical (unpaired) electrons. The van der Waals surface area contributed by atoms with Gasteiger partial charge in [-0.1, -0.05) is 12.1 Å². The van der Waals surface area contributed by atoms with Crippen molar-refractivity contribution < 1.29 is 9.53 Å². The second-order valence-corrected chi connectivity index (χ2v) is 5.56. The molecule has 0 fully saturated rings. The van der Waals surface area contributed by atoms with Gasteiger partial charge < -0.3 is 9.64 Å². The van der Waals surface area contributed by atoms with Crippen LogP contribution in [-0.2, 0) is 6.54 Å². The molecule has 0 saturated carbocycles. The van der Waals surface area contributed by atoms with Gasteiger partial charge in [0.15, 0.2) is 0 Å². The minimum atomic E-state index is -0.0213. The molecule has 0 aliphatic heterocycles. The zero-order chi connectivity index (χ0) is 16.8. The highest BCUT2D eigenvalue weighted by molar-refractivity contribution is 5.94. The number of ether oxygens (including phenoxy) is 1. The lowest BCUT2D eigenvalue weighted by Crippen LogP contribution is -2.36. The Morgan fingerprint density at radius 2 is 1.74 bits per heavy atom. The summed E-state index contributed by atoms with van der Waals surface area (Å²) in [5.74, 6) is 0.705. The summed E-state index contributed by atoms with van der Waals surface area (Å²) in [4.78, 5) is 14.6. The van der Waals surface area contributed by atoms with Crippen LogP contribution in [0.4, 0.5) is 0 Å². The first-order valence-corrected chi connectivity index (χ1v) is 7.49. The predicted molar refractivity (Wildman–Crippen MR) is 89.2 cm³/mol. The smallest absolute Gasteiger partial charge is 0.254 e. The van der Waals surface area contributed by atoms with Crippen molar-refractivity contribution in [3.8, 4) is 11.8 Å². The molecule has 0 unspecified atom stereocenters. The number of methoxy groups -OCH3 is 1. The molecule has 0 aromatic heterocycles. The molecule has 1 amide bonds. The van der Waals surface area contributed by atoms with E-state index in [4.69, 9.17) is 10.00 Å². The van der Waals surface area contributed by atoms with E-state index in [1.807, 2.05) is 30.9 Å². The Balaban J connectivity index is 2.19. The van der Waals surface area contributed by atoms with Crippen molar-refractivity contribution in [1.82, 2.24) is 4.90 Å². The summed E-state index contributed by atoms with van der Waals surface area (Å²) in [5.41, 5.74) is 2.25. The minimum absolute atomic E-state index is 0.0213. The third-order valence-corrected chi connectivity index (χ3v) is 3.66. The Hall–Kier alpha value is -2.80. The van der Waals surface area contributed by atoms with Gasteiger partial charge >= 0.3 is 0 Å². The number of nitrogens with zero attached hydrogens (tertiary/aromatic N) is 2. The molecule has 23 heavy (non-hydrogen) atoms.